The van der Waals surface area contributed by atoms with Crippen LogP contribution in [0.15, 0.2) is 24.3 Å². The van der Waals surface area contributed by atoms with Gasteiger partial charge < -0.3 is 15.2 Å². The molecule has 0 aliphatic heterocycles. The monoisotopic (exact) mass is 209 g/mol. The Morgan fingerprint density at radius 1 is 1.33 bits per heavy atom. The van der Waals surface area contributed by atoms with Gasteiger partial charge in [-0.15, -0.1) is 0 Å². The van der Waals surface area contributed by atoms with Crippen molar-refractivity contribution in [1.29, 1.82) is 0 Å². The lowest BCUT2D eigenvalue weighted by atomic mass is 10.1. The highest BCUT2D eigenvalue weighted by molar-refractivity contribution is 5.35. The zero-order chi connectivity index (χ0) is 11.3. The molecule has 3 heteroatoms. The smallest absolute Gasteiger partial charge is 0.123 e. The number of methoxy groups -OCH3 is 1. The van der Waals surface area contributed by atoms with Crippen molar-refractivity contribution < 1.29 is 9.84 Å². The second kappa shape index (κ2) is 5.73. The van der Waals surface area contributed by atoms with Crippen LogP contribution >= 0.6 is 0 Å². The molecule has 0 saturated carbocycles. The molecule has 15 heavy (non-hydrogen) atoms. The Labute approximate surface area is 91.1 Å². The van der Waals surface area contributed by atoms with Crippen LogP contribution in [0.3, 0.4) is 0 Å². The lowest BCUT2D eigenvalue weighted by Crippen LogP contribution is -2.27. The highest BCUT2D eigenvalue weighted by Crippen LogP contribution is 2.23. The number of aliphatic hydroxyl groups excluding tert-OH is 1. The Morgan fingerprint density at radius 2 is 2.00 bits per heavy atom. The van der Waals surface area contributed by atoms with Crippen molar-refractivity contribution >= 4 is 0 Å². The van der Waals surface area contributed by atoms with E-state index in [4.69, 9.17) is 4.74 Å². The SMILES string of the molecule is COc1ccccc1[C@H](C)NCC(C)O. The Kier molecular flexibility index (Phi) is 4.59. The number of rotatable bonds is 5. The first-order chi connectivity index (χ1) is 7.15. The zero-order valence-corrected chi connectivity index (χ0v) is 9.53. The number of nitrogens with one attached hydrogen (secondary N) is 1. The molecular formula is C12H19NO2. The van der Waals surface area contributed by atoms with E-state index in [1.54, 1.807) is 14.0 Å². The minimum atomic E-state index is -0.331. The lowest BCUT2D eigenvalue weighted by Gasteiger charge is -2.17. The van der Waals surface area contributed by atoms with E-state index < -0.39 is 0 Å². The third kappa shape index (κ3) is 3.53. The van der Waals surface area contributed by atoms with Gasteiger partial charge in [0.2, 0.25) is 0 Å². The van der Waals surface area contributed by atoms with Crippen molar-refractivity contribution in [3.05, 3.63) is 29.8 Å². The molecule has 1 aromatic carbocycles. The van der Waals surface area contributed by atoms with Crippen molar-refractivity contribution in [2.75, 3.05) is 13.7 Å². The van der Waals surface area contributed by atoms with Crippen LogP contribution in [0.2, 0.25) is 0 Å². The summed E-state index contributed by atoms with van der Waals surface area (Å²) in [6.07, 6.45) is -0.331. The maximum atomic E-state index is 9.18. The fourth-order valence-corrected chi connectivity index (χ4v) is 1.48. The van der Waals surface area contributed by atoms with Crippen molar-refractivity contribution in [3.63, 3.8) is 0 Å². The van der Waals surface area contributed by atoms with Gasteiger partial charge in [0.25, 0.3) is 0 Å². The third-order valence-electron chi connectivity index (χ3n) is 2.32. The molecule has 0 aliphatic rings. The fourth-order valence-electron chi connectivity index (χ4n) is 1.48. The molecule has 1 rings (SSSR count). The maximum absolute atomic E-state index is 9.18. The molecule has 0 amide bonds. The highest BCUT2D eigenvalue weighted by Gasteiger charge is 2.10. The first-order valence-electron chi connectivity index (χ1n) is 5.19. The largest absolute Gasteiger partial charge is 0.496 e. The molecule has 0 spiro atoms. The minimum absolute atomic E-state index is 0.177. The van der Waals surface area contributed by atoms with E-state index in [0.717, 1.165) is 11.3 Å². The predicted octanol–water partition coefficient (Wildman–Crippen LogP) is 1.73. The molecule has 84 valence electrons. The Hall–Kier alpha value is -1.06. The second-order valence-electron chi connectivity index (χ2n) is 3.72. The standard InChI is InChI=1S/C12H19NO2/c1-9(14)8-13-10(2)11-6-4-5-7-12(11)15-3/h4-7,9-10,13-14H,8H2,1-3H3/t9?,10-/m0/s1. The summed E-state index contributed by atoms with van der Waals surface area (Å²) in [5, 5.41) is 12.4. The first kappa shape index (κ1) is 12.0. The number of benzene rings is 1. The van der Waals surface area contributed by atoms with Gasteiger partial charge in [-0.05, 0) is 19.9 Å². The summed E-state index contributed by atoms with van der Waals surface area (Å²) >= 11 is 0. The van der Waals surface area contributed by atoms with E-state index >= 15 is 0 Å². The van der Waals surface area contributed by atoms with Crippen molar-refractivity contribution in [3.8, 4) is 5.75 Å². The predicted molar refractivity (Wildman–Crippen MR) is 61.1 cm³/mol. The summed E-state index contributed by atoms with van der Waals surface area (Å²) < 4.78 is 5.27. The highest BCUT2D eigenvalue weighted by atomic mass is 16.5. The number of ether oxygens (including phenoxy) is 1. The van der Waals surface area contributed by atoms with Crippen LogP contribution in [0.25, 0.3) is 0 Å². The summed E-state index contributed by atoms with van der Waals surface area (Å²) in [5.74, 6) is 0.878. The van der Waals surface area contributed by atoms with Gasteiger partial charge in [-0.1, -0.05) is 18.2 Å². The van der Waals surface area contributed by atoms with Crippen molar-refractivity contribution in [2.45, 2.75) is 26.0 Å². The van der Waals surface area contributed by atoms with Gasteiger partial charge >= 0.3 is 0 Å². The van der Waals surface area contributed by atoms with Crippen LogP contribution in [-0.2, 0) is 0 Å². The molecule has 0 radical (unpaired) electrons. The molecule has 1 aromatic rings. The van der Waals surface area contributed by atoms with E-state index in [9.17, 15) is 5.11 Å². The van der Waals surface area contributed by atoms with Crippen LogP contribution in [0.4, 0.5) is 0 Å². The fraction of sp³-hybridized carbons (Fsp3) is 0.500. The van der Waals surface area contributed by atoms with E-state index in [1.165, 1.54) is 0 Å². The zero-order valence-electron chi connectivity index (χ0n) is 9.53. The summed E-state index contributed by atoms with van der Waals surface area (Å²) in [6.45, 7) is 4.40. The summed E-state index contributed by atoms with van der Waals surface area (Å²) in [4.78, 5) is 0. The van der Waals surface area contributed by atoms with E-state index in [0.29, 0.717) is 6.54 Å². The Bertz CT molecular complexity index is 299. The van der Waals surface area contributed by atoms with Crippen LogP contribution < -0.4 is 10.1 Å². The summed E-state index contributed by atoms with van der Waals surface area (Å²) in [7, 11) is 1.67. The normalized spacial score (nSPS) is 14.7. The third-order valence-corrected chi connectivity index (χ3v) is 2.32. The molecule has 0 saturated heterocycles. The first-order valence-corrected chi connectivity index (χ1v) is 5.19. The van der Waals surface area contributed by atoms with Gasteiger partial charge in [-0.3, -0.25) is 0 Å². The van der Waals surface area contributed by atoms with E-state index in [2.05, 4.69) is 12.2 Å². The number of hydrogen-bond donors (Lipinski definition) is 2. The van der Waals surface area contributed by atoms with Crippen molar-refractivity contribution in [2.24, 2.45) is 0 Å². The van der Waals surface area contributed by atoms with Gasteiger partial charge in [0.15, 0.2) is 0 Å². The molecule has 0 aliphatic carbocycles. The Balaban J connectivity index is 2.68. The number of para-hydroxylation sites is 1. The molecular weight excluding hydrogens is 190 g/mol. The van der Waals surface area contributed by atoms with Crippen LogP contribution in [0.5, 0.6) is 5.75 Å². The van der Waals surface area contributed by atoms with Crippen LogP contribution in [0.1, 0.15) is 25.5 Å². The molecule has 1 unspecified atom stereocenters. The topological polar surface area (TPSA) is 41.5 Å². The van der Waals surface area contributed by atoms with Gasteiger partial charge in [0.1, 0.15) is 5.75 Å². The van der Waals surface area contributed by atoms with Gasteiger partial charge in [0, 0.05) is 18.2 Å². The lowest BCUT2D eigenvalue weighted by molar-refractivity contribution is 0.187. The Morgan fingerprint density at radius 3 is 2.60 bits per heavy atom. The second-order valence-corrected chi connectivity index (χ2v) is 3.72. The van der Waals surface area contributed by atoms with Crippen LogP contribution in [-0.4, -0.2) is 24.9 Å². The number of hydrogen-bond acceptors (Lipinski definition) is 3. The molecule has 0 heterocycles. The van der Waals surface area contributed by atoms with Crippen LogP contribution in [0, 0.1) is 0 Å². The van der Waals surface area contributed by atoms with Crippen molar-refractivity contribution in [1.82, 2.24) is 5.32 Å². The van der Waals surface area contributed by atoms with Gasteiger partial charge in [0.05, 0.1) is 13.2 Å². The number of aliphatic hydroxyl groups is 1. The molecule has 0 aromatic heterocycles. The molecule has 0 bridgehead atoms. The molecule has 2 N–H and O–H groups in total. The van der Waals surface area contributed by atoms with Gasteiger partial charge in [-0.25, -0.2) is 0 Å². The van der Waals surface area contributed by atoms with E-state index in [-0.39, 0.29) is 12.1 Å². The van der Waals surface area contributed by atoms with Gasteiger partial charge in [-0.2, -0.15) is 0 Å². The maximum Gasteiger partial charge on any atom is 0.123 e. The molecule has 3 nitrogen and oxygen atoms in total. The summed E-state index contributed by atoms with van der Waals surface area (Å²) in [6, 6.07) is 8.08. The molecule has 2 atom stereocenters. The van der Waals surface area contributed by atoms with E-state index in [1.807, 2.05) is 24.3 Å². The quantitative estimate of drug-likeness (QED) is 0.776. The minimum Gasteiger partial charge on any atom is -0.496 e. The summed E-state index contributed by atoms with van der Waals surface area (Å²) in [5.41, 5.74) is 1.11. The molecule has 0 fully saturated rings. The average molecular weight is 209 g/mol. The average Bonchev–Trinajstić information content (AvgIpc) is 2.25.